The summed E-state index contributed by atoms with van der Waals surface area (Å²) in [5, 5.41) is 3.37. The second-order valence-corrected chi connectivity index (χ2v) is 7.27. The van der Waals surface area contributed by atoms with Gasteiger partial charge in [-0.05, 0) is 49.7 Å². The van der Waals surface area contributed by atoms with Gasteiger partial charge < -0.3 is 10.2 Å². The van der Waals surface area contributed by atoms with Crippen LogP contribution in [0.5, 0.6) is 0 Å². The van der Waals surface area contributed by atoms with Crippen molar-refractivity contribution in [2.75, 3.05) is 11.9 Å². The number of thiocarbonyl (C=S) groups is 1. The van der Waals surface area contributed by atoms with Crippen LogP contribution in [0.1, 0.15) is 44.5 Å². The van der Waals surface area contributed by atoms with Crippen molar-refractivity contribution in [2.45, 2.75) is 39.4 Å². The van der Waals surface area contributed by atoms with Crippen molar-refractivity contribution in [2.24, 2.45) is 5.92 Å². The standard InChI is InChI=1S/C20H24F3N3S/c1-14(2)10-12-26(15(3)18-9-4-5-11-24-18)19(27)25-17-8-6-7-16(13-17)20(21,22)23/h4-9,11,13-15H,10,12H2,1-3H3,(H,25,27)/p+1. The van der Waals surface area contributed by atoms with Crippen molar-refractivity contribution < 1.29 is 18.2 Å². The Morgan fingerprint density at radius 3 is 2.48 bits per heavy atom. The molecule has 146 valence electrons. The fraction of sp³-hybridized carbons (Fsp3) is 0.400. The largest absolute Gasteiger partial charge is 0.416 e. The zero-order valence-corrected chi connectivity index (χ0v) is 16.5. The van der Waals surface area contributed by atoms with Gasteiger partial charge in [0, 0.05) is 24.4 Å². The molecular weight excluding hydrogens is 371 g/mol. The molecule has 7 heteroatoms. The zero-order chi connectivity index (χ0) is 20.0. The molecule has 2 rings (SSSR count). The third kappa shape index (κ3) is 6.20. The molecule has 0 saturated carbocycles. The molecule has 0 aliphatic rings. The molecule has 2 N–H and O–H groups in total. The van der Waals surface area contributed by atoms with Gasteiger partial charge in [0.2, 0.25) is 5.69 Å². The monoisotopic (exact) mass is 396 g/mol. The van der Waals surface area contributed by atoms with Crippen molar-refractivity contribution in [3.8, 4) is 0 Å². The minimum atomic E-state index is -4.39. The average molecular weight is 397 g/mol. The zero-order valence-electron chi connectivity index (χ0n) is 15.7. The number of aromatic amines is 1. The van der Waals surface area contributed by atoms with E-state index in [1.54, 1.807) is 6.07 Å². The van der Waals surface area contributed by atoms with E-state index in [-0.39, 0.29) is 6.04 Å². The SMILES string of the molecule is CC(C)CCN(C(=S)Nc1cccc(C(F)(F)F)c1)C(C)c1cccc[nH+]1. The van der Waals surface area contributed by atoms with E-state index in [0.29, 0.717) is 23.3 Å². The van der Waals surface area contributed by atoms with Crippen LogP contribution >= 0.6 is 12.2 Å². The molecule has 27 heavy (non-hydrogen) atoms. The lowest BCUT2D eigenvalue weighted by molar-refractivity contribution is -0.395. The predicted molar refractivity (Wildman–Crippen MR) is 105 cm³/mol. The smallest absolute Gasteiger partial charge is 0.336 e. The highest BCUT2D eigenvalue weighted by Gasteiger charge is 2.30. The van der Waals surface area contributed by atoms with Crippen LogP contribution in [-0.2, 0) is 6.18 Å². The van der Waals surface area contributed by atoms with Crippen LogP contribution in [0.3, 0.4) is 0 Å². The van der Waals surface area contributed by atoms with Crippen molar-refractivity contribution in [3.05, 3.63) is 59.9 Å². The molecule has 1 unspecified atom stereocenters. The molecule has 1 aromatic heterocycles. The maximum atomic E-state index is 12.9. The van der Waals surface area contributed by atoms with E-state index < -0.39 is 11.7 Å². The first-order valence-electron chi connectivity index (χ1n) is 8.90. The summed E-state index contributed by atoms with van der Waals surface area (Å²) < 4.78 is 38.8. The summed E-state index contributed by atoms with van der Waals surface area (Å²) in [5.41, 5.74) is 0.608. The molecule has 0 fully saturated rings. The van der Waals surface area contributed by atoms with Gasteiger partial charge in [-0.1, -0.05) is 26.0 Å². The van der Waals surface area contributed by atoms with Gasteiger partial charge >= 0.3 is 6.18 Å². The van der Waals surface area contributed by atoms with E-state index in [2.05, 4.69) is 24.1 Å². The molecule has 0 spiro atoms. The number of anilines is 1. The van der Waals surface area contributed by atoms with Gasteiger partial charge in [0.15, 0.2) is 11.3 Å². The predicted octanol–water partition coefficient (Wildman–Crippen LogP) is 5.33. The Morgan fingerprint density at radius 1 is 1.15 bits per heavy atom. The normalized spacial score (nSPS) is 12.7. The number of aromatic nitrogens is 1. The van der Waals surface area contributed by atoms with Gasteiger partial charge in [0.25, 0.3) is 0 Å². The minimum Gasteiger partial charge on any atom is -0.336 e. The Balaban J connectivity index is 2.21. The number of H-pyrrole nitrogens is 1. The number of nitrogens with zero attached hydrogens (tertiary/aromatic N) is 1. The van der Waals surface area contributed by atoms with E-state index in [4.69, 9.17) is 12.2 Å². The lowest BCUT2D eigenvalue weighted by atomic mass is 10.1. The summed E-state index contributed by atoms with van der Waals surface area (Å²) in [5.74, 6) is 0.482. The van der Waals surface area contributed by atoms with Gasteiger partial charge in [-0.2, -0.15) is 13.2 Å². The van der Waals surface area contributed by atoms with Gasteiger partial charge in [-0.15, -0.1) is 0 Å². The van der Waals surface area contributed by atoms with Crippen molar-refractivity contribution >= 4 is 23.0 Å². The van der Waals surface area contributed by atoms with E-state index in [1.165, 1.54) is 6.07 Å². The molecule has 0 radical (unpaired) electrons. The average Bonchev–Trinajstić information content (AvgIpc) is 2.61. The first kappa shape index (κ1) is 21.2. The summed E-state index contributed by atoms with van der Waals surface area (Å²) in [6.07, 6.45) is -1.62. The number of pyridine rings is 1. The Bertz CT molecular complexity index is 748. The van der Waals surface area contributed by atoms with Crippen LogP contribution in [0.25, 0.3) is 0 Å². The Morgan fingerprint density at radius 2 is 1.89 bits per heavy atom. The molecular formula is C20H25F3N3S+. The maximum absolute atomic E-state index is 12.9. The number of alkyl halides is 3. The fourth-order valence-electron chi connectivity index (χ4n) is 2.67. The van der Waals surface area contributed by atoms with Gasteiger partial charge in [-0.3, -0.25) is 0 Å². The van der Waals surface area contributed by atoms with E-state index >= 15 is 0 Å². The number of hydrogen-bond acceptors (Lipinski definition) is 1. The van der Waals surface area contributed by atoms with E-state index in [1.807, 2.05) is 36.2 Å². The van der Waals surface area contributed by atoms with Crippen molar-refractivity contribution in [1.29, 1.82) is 0 Å². The summed E-state index contributed by atoms with van der Waals surface area (Å²) in [6, 6.07) is 10.8. The maximum Gasteiger partial charge on any atom is 0.416 e. The van der Waals surface area contributed by atoms with Crippen molar-refractivity contribution in [3.63, 3.8) is 0 Å². The molecule has 0 aliphatic carbocycles. The van der Waals surface area contributed by atoms with Crippen LogP contribution in [0.2, 0.25) is 0 Å². The van der Waals surface area contributed by atoms with Gasteiger partial charge in [0.05, 0.1) is 5.56 Å². The molecule has 1 atom stereocenters. The van der Waals surface area contributed by atoms with Crippen LogP contribution in [-0.4, -0.2) is 16.6 Å². The van der Waals surface area contributed by atoms with Crippen LogP contribution in [0, 0.1) is 5.92 Å². The highest BCUT2D eigenvalue weighted by atomic mass is 32.1. The van der Waals surface area contributed by atoms with Gasteiger partial charge in [-0.25, -0.2) is 4.98 Å². The highest BCUT2D eigenvalue weighted by Crippen LogP contribution is 2.31. The second-order valence-electron chi connectivity index (χ2n) is 6.88. The molecule has 0 amide bonds. The molecule has 0 saturated heterocycles. The quantitative estimate of drug-likeness (QED) is 0.670. The number of rotatable bonds is 6. The van der Waals surface area contributed by atoms with E-state index in [0.717, 1.165) is 24.2 Å². The van der Waals surface area contributed by atoms with Crippen LogP contribution in [0.4, 0.5) is 18.9 Å². The Kier molecular flexibility index (Phi) is 7.18. The van der Waals surface area contributed by atoms with Gasteiger partial charge in [0.1, 0.15) is 6.04 Å². The molecule has 0 aliphatic heterocycles. The Labute approximate surface area is 163 Å². The number of nitrogens with one attached hydrogen (secondary N) is 2. The number of hydrogen-bond donors (Lipinski definition) is 1. The second kappa shape index (κ2) is 9.17. The van der Waals surface area contributed by atoms with Crippen molar-refractivity contribution in [1.82, 2.24) is 4.90 Å². The lowest BCUT2D eigenvalue weighted by Gasteiger charge is -2.30. The highest BCUT2D eigenvalue weighted by molar-refractivity contribution is 7.80. The van der Waals surface area contributed by atoms with Crippen LogP contribution < -0.4 is 10.3 Å². The minimum absolute atomic E-state index is 0.0456. The molecule has 2 aromatic rings. The Hall–Kier alpha value is -2.15. The lowest BCUT2D eigenvalue weighted by Crippen LogP contribution is -2.39. The molecule has 1 aromatic carbocycles. The summed E-state index contributed by atoms with van der Waals surface area (Å²) in [6.45, 7) is 6.97. The molecule has 3 nitrogen and oxygen atoms in total. The molecule has 1 heterocycles. The first-order chi connectivity index (χ1) is 12.7. The molecule has 0 bridgehead atoms. The number of benzene rings is 1. The summed E-state index contributed by atoms with van der Waals surface area (Å²) in [4.78, 5) is 5.21. The topological polar surface area (TPSA) is 29.4 Å². The fourth-order valence-corrected chi connectivity index (χ4v) is 3.04. The third-order valence-electron chi connectivity index (χ3n) is 4.30. The number of halogens is 3. The summed E-state index contributed by atoms with van der Waals surface area (Å²) >= 11 is 5.54. The van der Waals surface area contributed by atoms with E-state index in [9.17, 15) is 13.2 Å². The summed E-state index contributed by atoms with van der Waals surface area (Å²) in [7, 11) is 0. The van der Waals surface area contributed by atoms with Crippen LogP contribution in [0.15, 0.2) is 48.7 Å². The first-order valence-corrected chi connectivity index (χ1v) is 9.31. The third-order valence-corrected chi connectivity index (χ3v) is 4.64.